The lowest BCUT2D eigenvalue weighted by molar-refractivity contribution is 0.0499. The molecule has 0 aromatic heterocycles. The maximum Gasteiger partial charge on any atom is 0.338 e. The molecule has 8 heteroatoms. The number of rotatable bonds is 6. The first-order valence-corrected chi connectivity index (χ1v) is 9.41. The summed E-state index contributed by atoms with van der Waals surface area (Å²) in [6, 6.07) is 11.2. The van der Waals surface area contributed by atoms with Crippen LogP contribution < -0.4 is 10.6 Å². The van der Waals surface area contributed by atoms with Gasteiger partial charge in [-0.05, 0) is 61.1 Å². The van der Waals surface area contributed by atoms with Gasteiger partial charge >= 0.3 is 5.97 Å². The molecular weight excluding hydrogens is 407 g/mol. The van der Waals surface area contributed by atoms with Gasteiger partial charge in [0.1, 0.15) is 0 Å². The van der Waals surface area contributed by atoms with Gasteiger partial charge in [-0.15, -0.1) is 0 Å². The molecule has 2 rings (SSSR count). The van der Waals surface area contributed by atoms with Crippen molar-refractivity contribution in [1.29, 1.82) is 0 Å². The minimum absolute atomic E-state index is 0.0920. The molecule has 0 radical (unpaired) electrons. The number of ether oxygens (including phenoxy) is 1. The fourth-order valence-electron chi connectivity index (χ4n) is 2.09. The summed E-state index contributed by atoms with van der Waals surface area (Å²) in [5.41, 5.74) is 1.28. The molecule has 1 amide bonds. The van der Waals surface area contributed by atoms with Crippen LogP contribution in [0.15, 0.2) is 42.5 Å². The van der Waals surface area contributed by atoms with Gasteiger partial charge in [-0.1, -0.05) is 36.5 Å². The summed E-state index contributed by atoms with van der Waals surface area (Å²) < 4.78 is 5.15. The summed E-state index contributed by atoms with van der Waals surface area (Å²) in [6.45, 7) is 2.42. The number of unbranched alkanes of at least 4 members (excludes halogenated alkanes) is 1. The van der Waals surface area contributed by atoms with Crippen LogP contribution in [0.25, 0.3) is 0 Å². The van der Waals surface area contributed by atoms with E-state index in [1.54, 1.807) is 30.3 Å². The molecule has 5 nitrogen and oxygen atoms in total. The van der Waals surface area contributed by atoms with Crippen molar-refractivity contribution >= 4 is 58.1 Å². The van der Waals surface area contributed by atoms with Crippen molar-refractivity contribution in [1.82, 2.24) is 5.32 Å². The third kappa shape index (κ3) is 6.50. The summed E-state index contributed by atoms with van der Waals surface area (Å²) in [6.07, 6.45) is 1.79. The fourth-order valence-corrected chi connectivity index (χ4v) is 2.67. The number of amides is 1. The van der Waals surface area contributed by atoms with Crippen molar-refractivity contribution < 1.29 is 14.3 Å². The Kier molecular flexibility index (Phi) is 8.03. The van der Waals surface area contributed by atoms with Gasteiger partial charge in [0.2, 0.25) is 0 Å². The minimum Gasteiger partial charge on any atom is -0.462 e. The van der Waals surface area contributed by atoms with Crippen LogP contribution in [0.4, 0.5) is 5.69 Å². The van der Waals surface area contributed by atoms with Crippen LogP contribution in [0.3, 0.4) is 0 Å². The summed E-state index contributed by atoms with van der Waals surface area (Å²) in [7, 11) is 0. The molecule has 0 aliphatic heterocycles. The van der Waals surface area contributed by atoms with E-state index in [-0.39, 0.29) is 21.7 Å². The van der Waals surface area contributed by atoms with Gasteiger partial charge in [-0.3, -0.25) is 10.1 Å². The predicted molar refractivity (Wildman–Crippen MR) is 112 cm³/mol. The second-order valence-corrected chi connectivity index (χ2v) is 6.85. The second kappa shape index (κ2) is 10.3. The monoisotopic (exact) mass is 424 g/mol. The van der Waals surface area contributed by atoms with Crippen molar-refractivity contribution in [2.75, 3.05) is 11.9 Å². The molecule has 0 heterocycles. The molecular formula is C19H18Cl2N2O3S. The number of anilines is 1. The summed E-state index contributed by atoms with van der Waals surface area (Å²) in [5, 5.41) is 6.15. The van der Waals surface area contributed by atoms with Gasteiger partial charge in [-0.25, -0.2) is 4.79 Å². The maximum atomic E-state index is 12.2. The zero-order valence-electron chi connectivity index (χ0n) is 14.6. The van der Waals surface area contributed by atoms with Gasteiger partial charge in [0, 0.05) is 10.7 Å². The van der Waals surface area contributed by atoms with Crippen LogP contribution in [0, 0.1) is 0 Å². The molecule has 142 valence electrons. The van der Waals surface area contributed by atoms with Crippen molar-refractivity contribution in [3.8, 4) is 0 Å². The Labute approximate surface area is 173 Å². The Morgan fingerprint density at radius 3 is 2.48 bits per heavy atom. The molecule has 2 aromatic carbocycles. The van der Waals surface area contributed by atoms with Crippen LogP contribution in [-0.4, -0.2) is 23.6 Å². The van der Waals surface area contributed by atoms with E-state index < -0.39 is 5.91 Å². The number of halogens is 2. The highest BCUT2D eigenvalue weighted by molar-refractivity contribution is 7.80. The SMILES string of the molecule is CCCCOC(=O)c1ccc(NC(=S)NC(=O)c2cc(Cl)ccc2Cl)cc1. The third-order valence-electron chi connectivity index (χ3n) is 3.51. The van der Waals surface area contributed by atoms with Crippen molar-refractivity contribution in [2.24, 2.45) is 0 Å². The number of hydrogen-bond donors (Lipinski definition) is 2. The standard InChI is InChI=1S/C19H18Cl2N2O3S/c1-2-3-10-26-18(25)12-4-7-14(8-5-12)22-19(27)23-17(24)15-11-13(20)6-9-16(15)21/h4-9,11H,2-3,10H2,1H3,(H2,22,23,24,27). The summed E-state index contributed by atoms with van der Waals surface area (Å²) in [4.78, 5) is 24.1. The third-order valence-corrected chi connectivity index (χ3v) is 4.28. The highest BCUT2D eigenvalue weighted by Gasteiger charge is 2.13. The molecule has 0 aliphatic carbocycles. The van der Waals surface area contributed by atoms with Gasteiger partial charge in [-0.2, -0.15) is 0 Å². The predicted octanol–water partition coefficient (Wildman–Crippen LogP) is 5.08. The fraction of sp³-hybridized carbons (Fsp3) is 0.211. The first-order valence-electron chi connectivity index (χ1n) is 8.25. The maximum absolute atomic E-state index is 12.2. The molecule has 0 unspecified atom stereocenters. The number of carbonyl (C=O) groups excluding carboxylic acids is 2. The first kappa shape index (κ1) is 21.2. The van der Waals surface area contributed by atoms with Gasteiger partial charge in [0.05, 0.1) is 22.8 Å². The largest absolute Gasteiger partial charge is 0.462 e. The lowest BCUT2D eigenvalue weighted by Gasteiger charge is -2.11. The molecule has 0 aliphatic rings. The van der Waals surface area contributed by atoms with E-state index in [1.807, 2.05) is 6.92 Å². The highest BCUT2D eigenvalue weighted by atomic mass is 35.5. The summed E-state index contributed by atoms with van der Waals surface area (Å²) >= 11 is 17.0. The van der Waals surface area contributed by atoms with Crippen LogP contribution in [0.5, 0.6) is 0 Å². The normalized spacial score (nSPS) is 10.2. The average Bonchev–Trinajstić information content (AvgIpc) is 2.64. The van der Waals surface area contributed by atoms with Crippen molar-refractivity contribution in [3.05, 3.63) is 63.6 Å². The number of carbonyl (C=O) groups is 2. The molecule has 0 fully saturated rings. The zero-order chi connectivity index (χ0) is 19.8. The number of esters is 1. The van der Waals surface area contributed by atoms with E-state index >= 15 is 0 Å². The van der Waals surface area contributed by atoms with Gasteiger partial charge < -0.3 is 10.1 Å². The van der Waals surface area contributed by atoms with E-state index in [0.29, 0.717) is 22.9 Å². The highest BCUT2D eigenvalue weighted by Crippen LogP contribution is 2.20. The Bertz CT molecular complexity index is 841. The number of benzene rings is 2. The Morgan fingerprint density at radius 2 is 1.81 bits per heavy atom. The first-order chi connectivity index (χ1) is 12.9. The van der Waals surface area contributed by atoms with Crippen molar-refractivity contribution in [2.45, 2.75) is 19.8 Å². The molecule has 2 aromatic rings. The molecule has 0 bridgehead atoms. The zero-order valence-corrected chi connectivity index (χ0v) is 16.9. The Morgan fingerprint density at radius 1 is 1.11 bits per heavy atom. The number of thiocarbonyl (C=S) groups is 1. The van der Waals surface area contributed by atoms with E-state index in [9.17, 15) is 9.59 Å². The van der Waals surface area contributed by atoms with E-state index in [4.69, 9.17) is 40.2 Å². The smallest absolute Gasteiger partial charge is 0.338 e. The van der Waals surface area contributed by atoms with Crippen molar-refractivity contribution in [3.63, 3.8) is 0 Å². The van der Waals surface area contributed by atoms with E-state index in [2.05, 4.69) is 10.6 Å². The second-order valence-electron chi connectivity index (χ2n) is 5.60. The number of hydrogen-bond acceptors (Lipinski definition) is 4. The van der Waals surface area contributed by atoms with E-state index in [0.717, 1.165) is 12.8 Å². The molecule has 0 atom stereocenters. The topological polar surface area (TPSA) is 67.4 Å². The van der Waals surface area contributed by atoms with Gasteiger partial charge in [0.25, 0.3) is 5.91 Å². The molecule has 27 heavy (non-hydrogen) atoms. The van der Waals surface area contributed by atoms with Gasteiger partial charge in [0.15, 0.2) is 5.11 Å². The molecule has 0 saturated heterocycles. The van der Waals surface area contributed by atoms with Crippen LogP contribution >= 0.6 is 35.4 Å². The Hall–Kier alpha value is -2.15. The molecule has 2 N–H and O–H groups in total. The van der Waals surface area contributed by atoms with Crippen LogP contribution in [0.2, 0.25) is 10.0 Å². The van der Waals surface area contributed by atoms with Crippen LogP contribution in [-0.2, 0) is 4.74 Å². The quantitative estimate of drug-likeness (QED) is 0.384. The lowest BCUT2D eigenvalue weighted by atomic mass is 10.2. The Balaban J connectivity index is 1.93. The average molecular weight is 425 g/mol. The summed E-state index contributed by atoms with van der Waals surface area (Å²) in [5.74, 6) is -0.849. The molecule has 0 spiro atoms. The number of nitrogens with one attached hydrogen (secondary N) is 2. The van der Waals surface area contributed by atoms with Crippen LogP contribution in [0.1, 0.15) is 40.5 Å². The lowest BCUT2D eigenvalue weighted by Crippen LogP contribution is -2.34. The van der Waals surface area contributed by atoms with E-state index in [1.165, 1.54) is 12.1 Å². The minimum atomic E-state index is -0.476. The molecule has 0 saturated carbocycles.